The highest BCUT2D eigenvalue weighted by atomic mass is 32.1. The first-order valence-corrected chi connectivity index (χ1v) is 7.09. The van der Waals surface area contributed by atoms with Crippen LogP contribution in [0, 0.1) is 0 Å². The summed E-state index contributed by atoms with van der Waals surface area (Å²) < 4.78 is 0. The molecule has 3 rings (SSSR count). The average molecular weight is 247 g/mol. The minimum Gasteiger partial charge on any atom is -0.348 e. The second kappa shape index (κ2) is 5.02. The molecule has 1 saturated heterocycles. The fourth-order valence-corrected chi connectivity index (χ4v) is 3.22. The summed E-state index contributed by atoms with van der Waals surface area (Å²) in [6.45, 7) is 3.43. The van der Waals surface area contributed by atoms with E-state index in [2.05, 4.69) is 31.7 Å². The Morgan fingerprint density at radius 3 is 3.29 bits per heavy atom. The van der Waals surface area contributed by atoms with E-state index in [9.17, 15) is 0 Å². The zero-order valence-electron chi connectivity index (χ0n) is 9.80. The van der Waals surface area contributed by atoms with Crippen LogP contribution < -0.4 is 0 Å². The summed E-state index contributed by atoms with van der Waals surface area (Å²) in [7, 11) is 0. The van der Waals surface area contributed by atoms with Crippen molar-refractivity contribution in [1.29, 1.82) is 0 Å². The van der Waals surface area contributed by atoms with Crippen LogP contribution in [0.1, 0.15) is 30.1 Å². The predicted molar refractivity (Wildman–Crippen MR) is 70.2 cm³/mol. The fraction of sp³-hybridized carbons (Fsp3) is 0.462. The van der Waals surface area contributed by atoms with Crippen LogP contribution in [0.25, 0.3) is 0 Å². The summed E-state index contributed by atoms with van der Waals surface area (Å²) in [5.41, 5.74) is 1.44. The largest absolute Gasteiger partial charge is 0.348 e. The van der Waals surface area contributed by atoms with Crippen molar-refractivity contribution >= 4 is 11.3 Å². The summed E-state index contributed by atoms with van der Waals surface area (Å²) in [6.07, 6.45) is 6.31. The van der Waals surface area contributed by atoms with E-state index in [0.717, 1.165) is 18.9 Å². The zero-order valence-corrected chi connectivity index (χ0v) is 10.6. The molecule has 0 spiro atoms. The van der Waals surface area contributed by atoms with E-state index in [1.54, 1.807) is 11.3 Å². The summed E-state index contributed by atoms with van der Waals surface area (Å²) in [6, 6.07) is 2.22. The summed E-state index contributed by atoms with van der Waals surface area (Å²) in [5, 5.41) is 4.40. The van der Waals surface area contributed by atoms with Gasteiger partial charge in [0.05, 0.1) is 0 Å². The Morgan fingerprint density at radius 1 is 1.53 bits per heavy atom. The lowest BCUT2D eigenvalue weighted by Gasteiger charge is -2.31. The van der Waals surface area contributed by atoms with Gasteiger partial charge in [-0.15, -0.1) is 0 Å². The molecule has 1 N–H and O–H groups in total. The van der Waals surface area contributed by atoms with Gasteiger partial charge < -0.3 is 4.98 Å². The Hall–Kier alpha value is -1.13. The van der Waals surface area contributed by atoms with Crippen molar-refractivity contribution in [1.82, 2.24) is 14.9 Å². The van der Waals surface area contributed by atoms with Gasteiger partial charge in [0.2, 0.25) is 0 Å². The molecule has 4 heteroatoms. The third-order valence-corrected chi connectivity index (χ3v) is 4.13. The van der Waals surface area contributed by atoms with E-state index in [4.69, 9.17) is 0 Å². The predicted octanol–water partition coefficient (Wildman–Crippen LogP) is 2.85. The highest BCUT2D eigenvalue weighted by Crippen LogP contribution is 2.25. The molecule has 90 valence electrons. The first kappa shape index (κ1) is 11.0. The van der Waals surface area contributed by atoms with E-state index in [0.29, 0.717) is 5.92 Å². The molecule has 2 aromatic rings. The highest BCUT2D eigenvalue weighted by Gasteiger charge is 2.22. The van der Waals surface area contributed by atoms with Crippen molar-refractivity contribution in [3.05, 3.63) is 40.6 Å². The Balaban J connectivity index is 1.64. The van der Waals surface area contributed by atoms with E-state index >= 15 is 0 Å². The van der Waals surface area contributed by atoms with Crippen LogP contribution in [0.5, 0.6) is 0 Å². The molecule has 3 heterocycles. The van der Waals surface area contributed by atoms with Gasteiger partial charge in [-0.2, -0.15) is 11.3 Å². The Labute approximate surface area is 106 Å². The van der Waals surface area contributed by atoms with Crippen molar-refractivity contribution in [2.45, 2.75) is 25.3 Å². The number of piperidine rings is 1. The zero-order chi connectivity index (χ0) is 11.5. The Kier molecular flexibility index (Phi) is 3.25. The summed E-state index contributed by atoms with van der Waals surface area (Å²) in [5.74, 6) is 1.73. The molecule has 17 heavy (non-hydrogen) atoms. The third-order valence-electron chi connectivity index (χ3n) is 3.40. The van der Waals surface area contributed by atoms with Gasteiger partial charge >= 0.3 is 0 Å². The van der Waals surface area contributed by atoms with Crippen LogP contribution in [0.2, 0.25) is 0 Å². The van der Waals surface area contributed by atoms with Gasteiger partial charge in [-0.05, 0) is 41.8 Å². The van der Waals surface area contributed by atoms with Crippen molar-refractivity contribution in [3.63, 3.8) is 0 Å². The van der Waals surface area contributed by atoms with Crippen LogP contribution in [-0.4, -0.2) is 28.0 Å². The lowest BCUT2D eigenvalue weighted by molar-refractivity contribution is 0.197. The molecule has 0 radical (unpaired) electrons. The number of nitrogens with one attached hydrogen (secondary N) is 1. The van der Waals surface area contributed by atoms with Crippen LogP contribution in [-0.2, 0) is 6.54 Å². The van der Waals surface area contributed by atoms with Crippen molar-refractivity contribution in [2.24, 2.45) is 0 Å². The molecule has 0 saturated carbocycles. The first-order chi connectivity index (χ1) is 8.42. The van der Waals surface area contributed by atoms with Gasteiger partial charge in [0.15, 0.2) is 0 Å². The van der Waals surface area contributed by atoms with Crippen molar-refractivity contribution in [3.8, 4) is 0 Å². The SMILES string of the molecule is c1c[nH]c(C2CCCN(Cc3ccsc3)C2)n1. The number of aromatic amines is 1. The van der Waals surface area contributed by atoms with Gasteiger partial charge in [-0.1, -0.05) is 0 Å². The number of likely N-dealkylation sites (tertiary alicyclic amines) is 1. The molecule has 0 amide bonds. The number of H-pyrrole nitrogens is 1. The minimum absolute atomic E-state index is 0.581. The molecule has 1 unspecified atom stereocenters. The Bertz CT molecular complexity index is 435. The van der Waals surface area contributed by atoms with Crippen LogP contribution in [0.4, 0.5) is 0 Å². The number of aromatic nitrogens is 2. The lowest BCUT2D eigenvalue weighted by Crippen LogP contribution is -2.34. The summed E-state index contributed by atoms with van der Waals surface area (Å²) in [4.78, 5) is 10.2. The molecule has 1 fully saturated rings. The number of rotatable bonds is 3. The number of hydrogen-bond donors (Lipinski definition) is 1. The molecule has 0 aliphatic carbocycles. The molecule has 0 aromatic carbocycles. The van der Waals surface area contributed by atoms with Crippen molar-refractivity contribution in [2.75, 3.05) is 13.1 Å². The van der Waals surface area contributed by atoms with Gasteiger partial charge in [-0.3, -0.25) is 4.90 Å². The van der Waals surface area contributed by atoms with Gasteiger partial charge in [0, 0.05) is 31.4 Å². The molecule has 0 bridgehead atoms. The molecule has 2 aromatic heterocycles. The van der Waals surface area contributed by atoms with Gasteiger partial charge in [-0.25, -0.2) is 4.98 Å². The number of hydrogen-bond acceptors (Lipinski definition) is 3. The van der Waals surface area contributed by atoms with Crippen LogP contribution in [0.3, 0.4) is 0 Å². The quantitative estimate of drug-likeness (QED) is 0.904. The number of imidazole rings is 1. The second-order valence-electron chi connectivity index (χ2n) is 4.68. The molecule has 1 aliphatic rings. The fourth-order valence-electron chi connectivity index (χ4n) is 2.56. The summed E-state index contributed by atoms with van der Waals surface area (Å²) >= 11 is 1.78. The smallest absolute Gasteiger partial charge is 0.110 e. The average Bonchev–Trinajstić information content (AvgIpc) is 3.01. The molecule has 1 atom stereocenters. The van der Waals surface area contributed by atoms with Gasteiger partial charge in [0.25, 0.3) is 0 Å². The third kappa shape index (κ3) is 2.58. The van der Waals surface area contributed by atoms with E-state index < -0.39 is 0 Å². The highest BCUT2D eigenvalue weighted by molar-refractivity contribution is 7.07. The maximum absolute atomic E-state index is 4.39. The number of thiophene rings is 1. The lowest BCUT2D eigenvalue weighted by atomic mass is 9.97. The molecule has 1 aliphatic heterocycles. The Morgan fingerprint density at radius 2 is 2.53 bits per heavy atom. The topological polar surface area (TPSA) is 31.9 Å². The van der Waals surface area contributed by atoms with E-state index in [1.165, 1.54) is 24.9 Å². The molecule has 3 nitrogen and oxygen atoms in total. The van der Waals surface area contributed by atoms with E-state index in [1.807, 2.05) is 12.4 Å². The maximum atomic E-state index is 4.39. The number of nitrogens with zero attached hydrogens (tertiary/aromatic N) is 2. The minimum atomic E-state index is 0.581. The van der Waals surface area contributed by atoms with Gasteiger partial charge in [0.1, 0.15) is 5.82 Å². The molecular weight excluding hydrogens is 230 g/mol. The standard InChI is InChI=1S/C13H17N3S/c1-2-12(13-14-4-5-15-13)9-16(6-1)8-11-3-7-17-10-11/h3-5,7,10,12H,1-2,6,8-9H2,(H,14,15). The second-order valence-corrected chi connectivity index (χ2v) is 5.46. The first-order valence-electron chi connectivity index (χ1n) is 6.14. The maximum Gasteiger partial charge on any atom is 0.110 e. The van der Waals surface area contributed by atoms with Crippen LogP contribution >= 0.6 is 11.3 Å². The van der Waals surface area contributed by atoms with Crippen molar-refractivity contribution < 1.29 is 0 Å². The normalized spacial score (nSPS) is 21.8. The van der Waals surface area contributed by atoms with E-state index in [-0.39, 0.29) is 0 Å². The van der Waals surface area contributed by atoms with Crippen LogP contribution in [0.15, 0.2) is 29.2 Å². The molecular formula is C13H17N3S. The monoisotopic (exact) mass is 247 g/mol.